The second-order valence-electron chi connectivity index (χ2n) is 11.6. The van der Waals surface area contributed by atoms with Crippen LogP contribution in [0.1, 0.15) is 62.5 Å². The van der Waals surface area contributed by atoms with Crippen LogP contribution in [0.3, 0.4) is 0 Å². The minimum absolute atomic E-state index is 0.0347. The van der Waals surface area contributed by atoms with Crippen LogP contribution >= 0.6 is 34.8 Å². The zero-order chi connectivity index (χ0) is 27.4. The molecule has 0 saturated carbocycles. The molecule has 0 spiro atoms. The van der Waals surface area contributed by atoms with E-state index in [9.17, 15) is 9.18 Å². The summed E-state index contributed by atoms with van der Waals surface area (Å²) < 4.78 is 14.5. The van der Waals surface area contributed by atoms with Crippen molar-refractivity contribution >= 4 is 40.7 Å². The molecule has 3 fully saturated rings. The number of rotatable bonds is 7. The zero-order valence-electron chi connectivity index (χ0n) is 22.6. The summed E-state index contributed by atoms with van der Waals surface area (Å²) in [4.78, 5) is 20.7. The van der Waals surface area contributed by atoms with E-state index >= 15 is 0 Å². The van der Waals surface area contributed by atoms with E-state index in [4.69, 9.17) is 34.8 Å². The number of hydrogen-bond donors (Lipinski definition) is 0. The number of likely N-dealkylation sites (tertiary alicyclic amines) is 3. The molecule has 0 radical (unpaired) electrons. The Bertz CT molecular complexity index is 1130. The Kier molecular flexibility index (Phi) is 9.77. The molecular weight excluding hydrogens is 556 g/mol. The normalized spacial score (nSPS) is 23.7. The second-order valence-corrected chi connectivity index (χ2v) is 12.8. The average Bonchev–Trinajstić information content (AvgIpc) is 2.96. The predicted molar refractivity (Wildman–Crippen MR) is 159 cm³/mol. The first-order valence-electron chi connectivity index (χ1n) is 14.5. The molecule has 1 amide bonds. The summed E-state index contributed by atoms with van der Waals surface area (Å²) in [6.07, 6.45) is 9.26. The molecule has 0 aliphatic carbocycles. The smallest absolute Gasteiger partial charge is 0.227 e. The monoisotopic (exact) mass is 593 g/mol. The van der Waals surface area contributed by atoms with E-state index in [1.807, 2.05) is 17.0 Å². The molecule has 1 atom stereocenters. The van der Waals surface area contributed by atoms with E-state index in [1.54, 1.807) is 12.1 Å². The van der Waals surface area contributed by atoms with E-state index in [0.29, 0.717) is 28.2 Å². The van der Waals surface area contributed by atoms with Crippen LogP contribution in [0.2, 0.25) is 15.1 Å². The van der Waals surface area contributed by atoms with Gasteiger partial charge in [-0.3, -0.25) is 4.79 Å². The van der Waals surface area contributed by atoms with E-state index < -0.39 is 5.82 Å². The number of carbonyl (C=O) groups excluding carboxylic acids is 1. The van der Waals surface area contributed by atoms with Crippen LogP contribution < -0.4 is 0 Å². The van der Waals surface area contributed by atoms with Gasteiger partial charge in [0.05, 0.1) is 16.5 Å². The zero-order valence-corrected chi connectivity index (χ0v) is 24.9. The maximum Gasteiger partial charge on any atom is 0.227 e. The lowest BCUT2D eigenvalue weighted by atomic mass is 9.71. The number of carbonyl (C=O) groups is 1. The summed E-state index contributed by atoms with van der Waals surface area (Å²) in [7, 11) is 0. The van der Waals surface area contributed by atoms with Crippen LogP contribution in [0.25, 0.3) is 0 Å². The van der Waals surface area contributed by atoms with Crippen LogP contribution in [-0.2, 0) is 16.6 Å². The number of hydrogen-bond acceptors (Lipinski definition) is 3. The second kappa shape index (κ2) is 13.1. The van der Waals surface area contributed by atoms with Gasteiger partial charge in [-0.2, -0.15) is 0 Å². The summed E-state index contributed by atoms with van der Waals surface area (Å²) >= 11 is 19.0. The molecule has 3 aliphatic heterocycles. The maximum absolute atomic E-state index is 14.5. The van der Waals surface area contributed by atoms with Crippen molar-refractivity contribution in [1.82, 2.24) is 14.7 Å². The molecule has 1 unspecified atom stereocenters. The minimum atomic E-state index is -0.434. The molecular formula is C31H39Cl3FN3O. The highest BCUT2D eigenvalue weighted by Gasteiger charge is 2.39. The van der Waals surface area contributed by atoms with Gasteiger partial charge < -0.3 is 14.7 Å². The molecule has 2 aromatic carbocycles. The first-order valence-corrected chi connectivity index (χ1v) is 15.6. The molecule has 2 aromatic rings. The van der Waals surface area contributed by atoms with E-state index in [0.717, 1.165) is 50.5 Å². The number of piperidine rings is 3. The summed E-state index contributed by atoms with van der Waals surface area (Å²) in [5, 5.41) is 1.37. The Hall–Kier alpha value is -1.37. The third-order valence-corrected chi connectivity index (χ3v) is 10.3. The van der Waals surface area contributed by atoms with Crippen LogP contribution in [0, 0.1) is 5.82 Å². The van der Waals surface area contributed by atoms with Gasteiger partial charge in [0.1, 0.15) is 5.82 Å². The van der Waals surface area contributed by atoms with Gasteiger partial charge in [0.15, 0.2) is 0 Å². The molecule has 8 heteroatoms. The molecule has 212 valence electrons. The van der Waals surface area contributed by atoms with Gasteiger partial charge in [-0.05, 0) is 107 Å². The molecule has 0 bridgehead atoms. The Morgan fingerprint density at radius 1 is 0.897 bits per heavy atom. The summed E-state index contributed by atoms with van der Waals surface area (Å²) in [6.45, 7) is 6.98. The van der Waals surface area contributed by atoms with E-state index in [2.05, 4.69) is 15.9 Å². The van der Waals surface area contributed by atoms with Crippen molar-refractivity contribution in [1.29, 1.82) is 0 Å². The Morgan fingerprint density at radius 2 is 1.67 bits per heavy atom. The van der Waals surface area contributed by atoms with Crippen molar-refractivity contribution in [2.75, 3.05) is 45.8 Å². The fraction of sp³-hybridized carbons (Fsp3) is 0.581. The van der Waals surface area contributed by atoms with Crippen molar-refractivity contribution in [2.24, 2.45) is 0 Å². The van der Waals surface area contributed by atoms with Crippen molar-refractivity contribution in [3.05, 3.63) is 68.4 Å². The van der Waals surface area contributed by atoms with Gasteiger partial charge in [0.2, 0.25) is 5.91 Å². The molecule has 5 rings (SSSR count). The molecule has 3 aliphatic rings. The van der Waals surface area contributed by atoms with Crippen LogP contribution in [0.5, 0.6) is 0 Å². The van der Waals surface area contributed by atoms with Gasteiger partial charge in [-0.1, -0.05) is 53.4 Å². The molecule has 0 N–H and O–H groups in total. The standard InChI is InChI=1S/C31H39Cl3FN3O/c32-26-6-4-7-29(35)25(26)21-30(39)38-16-5-12-31(22-38,23-8-9-27(33)28(34)20-23)13-19-36-17-10-24(11-18-36)37-14-2-1-3-15-37/h4,6-9,20,24H,1-3,5,10-19,21-22H2. The number of halogens is 4. The quantitative estimate of drug-likeness (QED) is 0.338. The minimum Gasteiger partial charge on any atom is -0.342 e. The lowest BCUT2D eigenvalue weighted by Crippen LogP contribution is -2.51. The molecule has 3 heterocycles. The Morgan fingerprint density at radius 3 is 2.38 bits per heavy atom. The third kappa shape index (κ3) is 6.93. The van der Waals surface area contributed by atoms with Crippen LogP contribution in [-0.4, -0.2) is 72.5 Å². The molecule has 3 saturated heterocycles. The van der Waals surface area contributed by atoms with Crippen molar-refractivity contribution in [2.45, 2.75) is 69.2 Å². The van der Waals surface area contributed by atoms with Crippen LogP contribution in [0.15, 0.2) is 36.4 Å². The fourth-order valence-corrected chi connectivity index (χ4v) is 7.41. The van der Waals surface area contributed by atoms with E-state index in [-0.39, 0.29) is 23.3 Å². The van der Waals surface area contributed by atoms with Crippen molar-refractivity contribution in [3.8, 4) is 0 Å². The molecule has 0 aromatic heterocycles. The van der Waals surface area contributed by atoms with Crippen molar-refractivity contribution in [3.63, 3.8) is 0 Å². The van der Waals surface area contributed by atoms with Gasteiger partial charge >= 0.3 is 0 Å². The summed E-state index contributed by atoms with van der Waals surface area (Å²) in [5.41, 5.74) is 1.17. The highest BCUT2D eigenvalue weighted by atomic mass is 35.5. The van der Waals surface area contributed by atoms with Gasteiger partial charge in [-0.15, -0.1) is 0 Å². The molecule has 39 heavy (non-hydrogen) atoms. The summed E-state index contributed by atoms with van der Waals surface area (Å²) in [5.74, 6) is -0.523. The number of amides is 1. The first kappa shape index (κ1) is 29.1. The predicted octanol–water partition coefficient (Wildman–Crippen LogP) is 7.23. The lowest BCUT2D eigenvalue weighted by molar-refractivity contribution is -0.133. The SMILES string of the molecule is O=C(Cc1c(F)cccc1Cl)N1CCCC(CCN2CCC(N3CCCCC3)CC2)(c2ccc(Cl)c(Cl)c2)C1. The number of benzene rings is 2. The van der Waals surface area contributed by atoms with E-state index in [1.165, 1.54) is 51.3 Å². The Labute approximate surface area is 247 Å². The largest absolute Gasteiger partial charge is 0.342 e. The van der Waals surface area contributed by atoms with Crippen LogP contribution in [0.4, 0.5) is 4.39 Å². The fourth-order valence-electron chi connectivity index (χ4n) is 6.88. The average molecular weight is 595 g/mol. The first-order chi connectivity index (χ1) is 18.8. The third-order valence-electron chi connectivity index (χ3n) is 9.22. The highest BCUT2D eigenvalue weighted by Crippen LogP contribution is 2.40. The maximum atomic E-state index is 14.5. The summed E-state index contributed by atoms with van der Waals surface area (Å²) in [6, 6.07) is 11.2. The highest BCUT2D eigenvalue weighted by molar-refractivity contribution is 6.42. The lowest BCUT2D eigenvalue weighted by Gasteiger charge is -2.45. The van der Waals surface area contributed by atoms with Gasteiger partial charge in [0, 0.05) is 35.1 Å². The Balaban J connectivity index is 1.29. The van der Waals surface area contributed by atoms with Gasteiger partial charge in [-0.25, -0.2) is 4.39 Å². The van der Waals surface area contributed by atoms with Gasteiger partial charge in [0.25, 0.3) is 0 Å². The number of nitrogens with zero attached hydrogens (tertiary/aromatic N) is 3. The molecule has 4 nitrogen and oxygen atoms in total. The van der Waals surface area contributed by atoms with Crippen molar-refractivity contribution < 1.29 is 9.18 Å². The topological polar surface area (TPSA) is 26.8 Å².